The molecule has 102 valence electrons. The van der Waals surface area contributed by atoms with Crippen molar-refractivity contribution in [3.05, 3.63) is 60.0 Å². The Kier molecular flexibility index (Phi) is 3.39. The lowest BCUT2D eigenvalue weighted by molar-refractivity contribution is 0.296. The van der Waals surface area contributed by atoms with Crippen LogP contribution in [0.5, 0.6) is 5.75 Å². The Balaban J connectivity index is 1.86. The molecule has 0 bridgehead atoms. The van der Waals surface area contributed by atoms with Gasteiger partial charge in [-0.3, -0.25) is 4.98 Å². The van der Waals surface area contributed by atoms with E-state index < -0.39 is 0 Å². The molecular formula is C16H17N3O. The summed E-state index contributed by atoms with van der Waals surface area (Å²) in [5, 5.41) is 1.20. The number of aryl methyl sites for hydroxylation is 1. The number of aromatic nitrogens is 2. The minimum Gasteiger partial charge on any atom is -0.486 e. The first-order valence-electron chi connectivity index (χ1n) is 6.58. The molecule has 1 aromatic carbocycles. The lowest BCUT2D eigenvalue weighted by atomic mass is 10.1. The van der Waals surface area contributed by atoms with E-state index in [1.807, 2.05) is 19.2 Å². The lowest BCUT2D eigenvalue weighted by Gasteiger charge is -2.07. The first kappa shape index (κ1) is 12.7. The number of pyridine rings is 1. The highest BCUT2D eigenvalue weighted by Gasteiger charge is 2.07. The summed E-state index contributed by atoms with van der Waals surface area (Å²) in [4.78, 5) is 4.04. The Morgan fingerprint density at radius 3 is 2.90 bits per heavy atom. The van der Waals surface area contributed by atoms with Gasteiger partial charge in [-0.05, 0) is 35.2 Å². The van der Waals surface area contributed by atoms with Gasteiger partial charge in [0.2, 0.25) is 0 Å². The van der Waals surface area contributed by atoms with Gasteiger partial charge in [-0.2, -0.15) is 0 Å². The van der Waals surface area contributed by atoms with E-state index in [1.165, 1.54) is 10.9 Å². The number of ether oxygens (including phenoxy) is 1. The minimum atomic E-state index is 0.523. The molecule has 2 N–H and O–H groups in total. The summed E-state index contributed by atoms with van der Waals surface area (Å²) in [5.41, 5.74) is 9.13. The number of hydrogen-bond acceptors (Lipinski definition) is 3. The largest absolute Gasteiger partial charge is 0.486 e. The third-order valence-electron chi connectivity index (χ3n) is 3.47. The fourth-order valence-electron chi connectivity index (χ4n) is 2.29. The van der Waals surface area contributed by atoms with Gasteiger partial charge in [0.05, 0.1) is 11.9 Å². The van der Waals surface area contributed by atoms with Crippen LogP contribution in [0.4, 0.5) is 0 Å². The molecule has 3 aromatic rings. The van der Waals surface area contributed by atoms with Crippen LogP contribution in [0.1, 0.15) is 11.3 Å². The molecule has 0 aliphatic heterocycles. The number of nitrogens with zero attached hydrogens (tertiary/aromatic N) is 2. The van der Waals surface area contributed by atoms with Gasteiger partial charge in [-0.25, -0.2) is 0 Å². The van der Waals surface area contributed by atoms with Crippen molar-refractivity contribution in [2.24, 2.45) is 12.8 Å². The van der Waals surface area contributed by atoms with Crippen LogP contribution in [0.3, 0.4) is 0 Å². The van der Waals surface area contributed by atoms with E-state index in [0.29, 0.717) is 13.2 Å². The topological polar surface area (TPSA) is 53.1 Å². The van der Waals surface area contributed by atoms with E-state index in [0.717, 1.165) is 17.0 Å². The molecule has 20 heavy (non-hydrogen) atoms. The van der Waals surface area contributed by atoms with Gasteiger partial charge in [-0.1, -0.05) is 12.1 Å². The van der Waals surface area contributed by atoms with Crippen molar-refractivity contribution in [3.8, 4) is 5.75 Å². The van der Waals surface area contributed by atoms with Gasteiger partial charge in [0.1, 0.15) is 12.4 Å². The Hall–Kier alpha value is -2.33. The summed E-state index contributed by atoms with van der Waals surface area (Å²) >= 11 is 0. The summed E-state index contributed by atoms with van der Waals surface area (Å²) in [7, 11) is 2.05. The van der Waals surface area contributed by atoms with Crippen molar-refractivity contribution in [2.45, 2.75) is 13.2 Å². The number of benzene rings is 1. The van der Waals surface area contributed by atoms with Gasteiger partial charge in [0.15, 0.2) is 0 Å². The van der Waals surface area contributed by atoms with Crippen molar-refractivity contribution in [2.75, 3.05) is 0 Å². The SMILES string of the molecule is Cn1c(COc2cccnc2)cc2ccc(CN)cc21. The van der Waals surface area contributed by atoms with Crippen LogP contribution in [0.15, 0.2) is 48.8 Å². The van der Waals surface area contributed by atoms with Crippen LogP contribution in [-0.4, -0.2) is 9.55 Å². The van der Waals surface area contributed by atoms with E-state index in [9.17, 15) is 0 Å². The molecule has 2 heterocycles. The first-order valence-corrected chi connectivity index (χ1v) is 6.58. The van der Waals surface area contributed by atoms with Crippen LogP contribution in [-0.2, 0) is 20.2 Å². The van der Waals surface area contributed by atoms with Crippen molar-refractivity contribution in [3.63, 3.8) is 0 Å². The van der Waals surface area contributed by atoms with E-state index in [-0.39, 0.29) is 0 Å². The fourth-order valence-corrected chi connectivity index (χ4v) is 2.29. The quantitative estimate of drug-likeness (QED) is 0.790. The molecule has 4 nitrogen and oxygen atoms in total. The molecule has 3 rings (SSSR count). The highest BCUT2D eigenvalue weighted by atomic mass is 16.5. The maximum atomic E-state index is 5.75. The maximum absolute atomic E-state index is 5.75. The lowest BCUT2D eigenvalue weighted by Crippen LogP contribution is -2.02. The Labute approximate surface area is 117 Å². The first-order chi connectivity index (χ1) is 9.78. The highest BCUT2D eigenvalue weighted by Crippen LogP contribution is 2.21. The van der Waals surface area contributed by atoms with Crippen LogP contribution in [0, 0.1) is 0 Å². The van der Waals surface area contributed by atoms with E-state index in [4.69, 9.17) is 10.5 Å². The number of rotatable bonds is 4. The predicted octanol–water partition coefficient (Wildman–Crippen LogP) is 2.61. The maximum Gasteiger partial charge on any atom is 0.138 e. The zero-order chi connectivity index (χ0) is 13.9. The summed E-state index contributed by atoms with van der Waals surface area (Å²) in [6, 6.07) is 12.2. The summed E-state index contributed by atoms with van der Waals surface area (Å²) in [6.45, 7) is 1.08. The van der Waals surface area contributed by atoms with Crippen LogP contribution >= 0.6 is 0 Å². The fraction of sp³-hybridized carbons (Fsp3) is 0.188. The van der Waals surface area contributed by atoms with Crippen molar-refractivity contribution in [1.29, 1.82) is 0 Å². The minimum absolute atomic E-state index is 0.523. The molecule has 0 fully saturated rings. The summed E-state index contributed by atoms with van der Waals surface area (Å²) in [5.74, 6) is 0.778. The monoisotopic (exact) mass is 267 g/mol. The second-order valence-corrected chi connectivity index (χ2v) is 4.77. The van der Waals surface area contributed by atoms with Crippen LogP contribution in [0.2, 0.25) is 0 Å². The van der Waals surface area contributed by atoms with Crippen LogP contribution < -0.4 is 10.5 Å². The summed E-state index contributed by atoms with van der Waals surface area (Å²) in [6.07, 6.45) is 3.45. The molecule has 0 atom stereocenters. The third-order valence-corrected chi connectivity index (χ3v) is 3.47. The average molecular weight is 267 g/mol. The predicted molar refractivity (Wildman–Crippen MR) is 79.4 cm³/mol. The number of hydrogen-bond donors (Lipinski definition) is 1. The molecule has 0 aliphatic carbocycles. The summed E-state index contributed by atoms with van der Waals surface area (Å²) < 4.78 is 7.89. The third kappa shape index (κ3) is 2.38. The smallest absolute Gasteiger partial charge is 0.138 e. The average Bonchev–Trinajstić information content (AvgIpc) is 2.82. The molecule has 0 aliphatic rings. The zero-order valence-electron chi connectivity index (χ0n) is 11.4. The highest BCUT2D eigenvalue weighted by molar-refractivity contribution is 5.82. The van der Waals surface area contributed by atoms with Gasteiger partial charge < -0.3 is 15.0 Å². The van der Waals surface area contributed by atoms with Crippen LogP contribution in [0.25, 0.3) is 10.9 Å². The molecular weight excluding hydrogens is 250 g/mol. The second kappa shape index (κ2) is 5.35. The molecule has 0 amide bonds. The van der Waals surface area contributed by atoms with E-state index in [1.54, 1.807) is 12.4 Å². The molecule has 0 spiro atoms. The second-order valence-electron chi connectivity index (χ2n) is 4.77. The van der Waals surface area contributed by atoms with E-state index >= 15 is 0 Å². The molecule has 2 aromatic heterocycles. The number of fused-ring (bicyclic) bond motifs is 1. The van der Waals surface area contributed by atoms with Crippen molar-refractivity contribution in [1.82, 2.24) is 9.55 Å². The van der Waals surface area contributed by atoms with Gasteiger partial charge in [0.25, 0.3) is 0 Å². The van der Waals surface area contributed by atoms with Gasteiger partial charge in [0, 0.05) is 25.3 Å². The zero-order valence-corrected chi connectivity index (χ0v) is 11.4. The van der Waals surface area contributed by atoms with Gasteiger partial charge >= 0.3 is 0 Å². The Morgan fingerprint density at radius 1 is 1.25 bits per heavy atom. The van der Waals surface area contributed by atoms with Crippen molar-refractivity contribution < 1.29 is 4.74 Å². The normalized spacial score (nSPS) is 10.9. The van der Waals surface area contributed by atoms with Gasteiger partial charge in [-0.15, -0.1) is 0 Å². The Bertz CT molecular complexity index is 719. The standard InChI is InChI=1S/C16H17N3O/c1-19-14(11-20-15-3-2-6-18-10-15)8-13-5-4-12(9-17)7-16(13)19/h2-8,10H,9,11,17H2,1H3. The molecule has 0 saturated carbocycles. The number of nitrogens with two attached hydrogens (primary N) is 1. The molecule has 0 radical (unpaired) electrons. The molecule has 0 saturated heterocycles. The molecule has 0 unspecified atom stereocenters. The van der Waals surface area contributed by atoms with Crippen molar-refractivity contribution >= 4 is 10.9 Å². The Morgan fingerprint density at radius 2 is 2.15 bits per heavy atom. The van der Waals surface area contributed by atoms with E-state index in [2.05, 4.69) is 33.8 Å². The molecule has 4 heteroatoms.